The SMILES string of the molecule is COc1ccc(/C=N\n2c(-c3ccc(C(C)(C)C)cc3)n[nH]c2=S)cc1Br. The Labute approximate surface area is 172 Å². The lowest BCUT2D eigenvalue weighted by atomic mass is 9.87. The molecule has 0 aliphatic heterocycles. The van der Waals surface area contributed by atoms with Crippen LogP contribution in [0.1, 0.15) is 31.9 Å². The Morgan fingerprint density at radius 3 is 2.48 bits per heavy atom. The lowest BCUT2D eigenvalue weighted by Gasteiger charge is -2.18. The number of hydrogen-bond acceptors (Lipinski definition) is 4. The monoisotopic (exact) mass is 444 g/mol. The van der Waals surface area contributed by atoms with Crippen molar-refractivity contribution in [3.8, 4) is 17.1 Å². The second kappa shape index (κ2) is 7.78. The van der Waals surface area contributed by atoms with Crippen LogP contribution < -0.4 is 4.74 Å². The maximum Gasteiger partial charge on any atom is 0.216 e. The first-order valence-corrected chi connectivity index (χ1v) is 9.66. The summed E-state index contributed by atoms with van der Waals surface area (Å²) >= 11 is 8.82. The van der Waals surface area contributed by atoms with E-state index in [-0.39, 0.29) is 5.41 Å². The van der Waals surface area contributed by atoms with Crippen LogP contribution >= 0.6 is 28.1 Å². The third kappa shape index (κ3) is 4.36. The molecule has 140 valence electrons. The Hall–Kier alpha value is -2.25. The highest BCUT2D eigenvalue weighted by Crippen LogP contribution is 2.26. The van der Waals surface area contributed by atoms with Crippen molar-refractivity contribution in [1.82, 2.24) is 14.9 Å². The molecule has 2 aromatic carbocycles. The van der Waals surface area contributed by atoms with Gasteiger partial charge in [-0.2, -0.15) is 14.9 Å². The minimum absolute atomic E-state index is 0.100. The van der Waals surface area contributed by atoms with E-state index in [4.69, 9.17) is 17.0 Å². The normalized spacial score (nSPS) is 11.9. The van der Waals surface area contributed by atoms with Crippen LogP contribution in [0, 0.1) is 4.77 Å². The zero-order valence-corrected chi connectivity index (χ0v) is 18.1. The van der Waals surface area contributed by atoms with E-state index in [1.807, 2.05) is 30.3 Å². The van der Waals surface area contributed by atoms with Crippen molar-refractivity contribution in [1.29, 1.82) is 0 Å². The molecule has 1 heterocycles. The molecule has 0 radical (unpaired) electrons. The van der Waals surface area contributed by atoms with Crippen LogP contribution in [-0.2, 0) is 5.41 Å². The first-order chi connectivity index (χ1) is 12.8. The van der Waals surface area contributed by atoms with Gasteiger partial charge in [0.2, 0.25) is 4.77 Å². The standard InChI is InChI=1S/C20H21BrN4OS/c1-20(2,3)15-8-6-14(7-9-15)18-23-24-19(27)25(18)22-12-13-5-10-17(26-4)16(21)11-13/h5-12H,1-4H3,(H,24,27)/b22-12-. The molecule has 0 aliphatic carbocycles. The van der Waals surface area contributed by atoms with Crippen LogP contribution in [0.3, 0.4) is 0 Å². The van der Waals surface area contributed by atoms with Crippen molar-refractivity contribution in [2.24, 2.45) is 5.10 Å². The number of ether oxygens (including phenoxy) is 1. The van der Waals surface area contributed by atoms with E-state index in [9.17, 15) is 0 Å². The third-order valence-corrected chi connectivity index (χ3v) is 5.04. The number of aromatic nitrogens is 3. The molecule has 0 atom stereocenters. The summed E-state index contributed by atoms with van der Waals surface area (Å²) in [6.07, 6.45) is 1.74. The molecule has 0 saturated carbocycles. The van der Waals surface area contributed by atoms with Crippen molar-refractivity contribution in [2.75, 3.05) is 7.11 Å². The number of hydrogen-bond donors (Lipinski definition) is 1. The summed E-state index contributed by atoms with van der Waals surface area (Å²) in [5, 5.41) is 11.7. The molecule has 0 amide bonds. The zero-order chi connectivity index (χ0) is 19.6. The molecule has 1 aromatic heterocycles. The highest BCUT2D eigenvalue weighted by molar-refractivity contribution is 9.10. The number of methoxy groups -OCH3 is 1. The second-order valence-corrected chi connectivity index (χ2v) is 8.37. The highest BCUT2D eigenvalue weighted by atomic mass is 79.9. The van der Waals surface area contributed by atoms with Gasteiger partial charge in [0, 0.05) is 5.56 Å². The van der Waals surface area contributed by atoms with E-state index in [0.717, 1.165) is 21.3 Å². The molecule has 3 rings (SSSR count). The Morgan fingerprint density at radius 1 is 1.19 bits per heavy atom. The van der Waals surface area contributed by atoms with Gasteiger partial charge in [-0.15, -0.1) is 0 Å². The van der Waals surface area contributed by atoms with Crippen LogP contribution in [0.4, 0.5) is 0 Å². The lowest BCUT2D eigenvalue weighted by molar-refractivity contribution is 0.412. The average Bonchev–Trinajstić information content (AvgIpc) is 3.00. The van der Waals surface area contributed by atoms with E-state index >= 15 is 0 Å². The molecular formula is C20H21BrN4OS. The van der Waals surface area contributed by atoms with Gasteiger partial charge >= 0.3 is 0 Å². The number of aromatic amines is 1. The van der Waals surface area contributed by atoms with E-state index < -0.39 is 0 Å². The van der Waals surface area contributed by atoms with Crippen molar-refractivity contribution in [3.63, 3.8) is 0 Å². The highest BCUT2D eigenvalue weighted by Gasteiger charge is 2.14. The fourth-order valence-corrected chi connectivity index (χ4v) is 3.33. The van der Waals surface area contributed by atoms with E-state index in [2.05, 4.69) is 64.1 Å². The van der Waals surface area contributed by atoms with Gasteiger partial charge in [-0.3, -0.25) is 0 Å². The van der Waals surface area contributed by atoms with Crippen LogP contribution in [0.15, 0.2) is 52.0 Å². The molecule has 3 aromatic rings. The Morgan fingerprint density at radius 2 is 1.89 bits per heavy atom. The number of rotatable bonds is 4. The quantitative estimate of drug-likeness (QED) is 0.423. The molecule has 0 aliphatic rings. The van der Waals surface area contributed by atoms with Crippen LogP contribution in [0.5, 0.6) is 5.75 Å². The van der Waals surface area contributed by atoms with Crippen molar-refractivity contribution >= 4 is 34.4 Å². The number of nitrogens with one attached hydrogen (secondary N) is 1. The number of nitrogens with zero attached hydrogens (tertiary/aromatic N) is 3. The Balaban J connectivity index is 1.93. The number of benzene rings is 2. The van der Waals surface area contributed by atoms with Gasteiger partial charge in [0.15, 0.2) is 5.82 Å². The van der Waals surface area contributed by atoms with Crippen molar-refractivity contribution in [3.05, 3.63) is 62.8 Å². The molecule has 5 nitrogen and oxygen atoms in total. The van der Waals surface area contributed by atoms with Crippen molar-refractivity contribution < 1.29 is 4.74 Å². The van der Waals surface area contributed by atoms with Crippen LogP contribution in [0.2, 0.25) is 0 Å². The van der Waals surface area contributed by atoms with Gasteiger partial charge in [-0.1, -0.05) is 45.0 Å². The van der Waals surface area contributed by atoms with Crippen LogP contribution in [-0.4, -0.2) is 28.2 Å². The van der Waals surface area contributed by atoms with E-state index in [1.54, 1.807) is 18.0 Å². The molecule has 0 unspecified atom stereocenters. The summed E-state index contributed by atoms with van der Waals surface area (Å²) in [5.41, 5.74) is 3.23. The zero-order valence-electron chi connectivity index (χ0n) is 15.7. The first kappa shape index (κ1) is 19.5. The smallest absolute Gasteiger partial charge is 0.216 e. The van der Waals surface area contributed by atoms with Gasteiger partial charge in [-0.25, -0.2) is 5.10 Å². The summed E-state index contributed by atoms with van der Waals surface area (Å²) in [7, 11) is 1.63. The molecule has 1 N–H and O–H groups in total. The summed E-state index contributed by atoms with van der Waals surface area (Å²) < 4.78 is 8.18. The molecule has 7 heteroatoms. The fourth-order valence-electron chi connectivity index (χ4n) is 2.59. The van der Waals surface area contributed by atoms with Gasteiger partial charge in [0.25, 0.3) is 0 Å². The predicted octanol–water partition coefficient (Wildman–Crippen LogP) is 5.56. The Kier molecular flexibility index (Phi) is 5.62. The molecule has 27 heavy (non-hydrogen) atoms. The minimum atomic E-state index is 0.100. The predicted molar refractivity (Wildman–Crippen MR) is 115 cm³/mol. The van der Waals surface area contributed by atoms with Crippen LogP contribution in [0.25, 0.3) is 11.4 Å². The largest absolute Gasteiger partial charge is 0.496 e. The summed E-state index contributed by atoms with van der Waals surface area (Å²) in [6.45, 7) is 6.57. The molecule has 0 spiro atoms. The third-order valence-electron chi connectivity index (χ3n) is 4.16. The van der Waals surface area contributed by atoms with Gasteiger partial charge in [0.05, 0.1) is 17.8 Å². The topological polar surface area (TPSA) is 55.2 Å². The summed E-state index contributed by atoms with van der Waals surface area (Å²) in [6, 6.07) is 14.1. The average molecular weight is 445 g/mol. The van der Waals surface area contributed by atoms with E-state index in [1.165, 1.54) is 5.56 Å². The maximum absolute atomic E-state index is 5.34. The van der Waals surface area contributed by atoms with Gasteiger partial charge < -0.3 is 4.74 Å². The molecule has 0 bridgehead atoms. The maximum atomic E-state index is 5.34. The molecule has 0 fully saturated rings. The lowest BCUT2D eigenvalue weighted by Crippen LogP contribution is -2.10. The summed E-state index contributed by atoms with van der Waals surface area (Å²) in [5.74, 6) is 1.44. The Bertz CT molecular complexity index is 1030. The fraction of sp³-hybridized carbons (Fsp3) is 0.250. The minimum Gasteiger partial charge on any atom is -0.496 e. The second-order valence-electron chi connectivity index (χ2n) is 7.13. The molecule has 0 saturated heterocycles. The molecular weight excluding hydrogens is 424 g/mol. The van der Waals surface area contributed by atoms with Gasteiger partial charge in [0.1, 0.15) is 5.75 Å². The summed E-state index contributed by atoms with van der Waals surface area (Å²) in [4.78, 5) is 0. The first-order valence-electron chi connectivity index (χ1n) is 8.46. The van der Waals surface area contributed by atoms with E-state index in [0.29, 0.717) is 10.6 Å². The number of halogens is 1. The number of H-pyrrole nitrogens is 1. The van der Waals surface area contributed by atoms with Crippen molar-refractivity contribution in [2.45, 2.75) is 26.2 Å². The van der Waals surface area contributed by atoms with Gasteiger partial charge in [-0.05, 0) is 62.9 Å².